The van der Waals surface area contributed by atoms with Crippen LogP contribution in [0.5, 0.6) is 28.7 Å². The van der Waals surface area contributed by atoms with Crippen molar-refractivity contribution in [1.82, 2.24) is 0 Å². The van der Waals surface area contributed by atoms with E-state index >= 15 is 0 Å². The van der Waals surface area contributed by atoms with Gasteiger partial charge in [0, 0.05) is 17.7 Å². The van der Waals surface area contributed by atoms with E-state index < -0.39 is 96.6 Å². The van der Waals surface area contributed by atoms with Crippen molar-refractivity contribution >= 4 is 11.0 Å². The van der Waals surface area contributed by atoms with Gasteiger partial charge in [-0.25, -0.2) is 0 Å². The average molecular weight is 611 g/mol. The lowest BCUT2D eigenvalue weighted by Gasteiger charge is -2.44. The summed E-state index contributed by atoms with van der Waals surface area (Å²) >= 11 is 0. The third kappa shape index (κ3) is 5.67. The molecule has 234 valence electrons. The van der Waals surface area contributed by atoms with E-state index in [4.69, 9.17) is 28.1 Å². The highest BCUT2D eigenvalue weighted by Crippen LogP contribution is 2.40. The summed E-state index contributed by atoms with van der Waals surface area (Å²) in [7, 11) is 1.28. The summed E-state index contributed by atoms with van der Waals surface area (Å²) in [6.07, 6.45) is -15.1. The van der Waals surface area contributed by atoms with Crippen molar-refractivity contribution in [2.24, 2.45) is 0 Å². The Labute approximate surface area is 241 Å². The van der Waals surface area contributed by atoms with Gasteiger partial charge < -0.3 is 74.1 Å². The summed E-state index contributed by atoms with van der Waals surface area (Å²) in [5, 5.41) is 91.6. The Hall–Kier alpha value is -3.71. The van der Waals surface area contributed by atoms with E-state index in [9.17, 15) is 50.8 Å². The second-order valence-corrected chi connectivity index (χ2v) is 9.99. The molecule has 16 nitrogen and oxygen atoms in total. The first-order chi connectivity index (χ1) is 20.4. The second kappa shape index (κ2) is 12.1. The third-order valence-corrected chi connectivity index (χ3v) is 7.16. The van der Waals surface area contributed by atoms with E-state index in [1.807, 2.05) is 0 Å². The molecule has 1 unspecified atom stereocenters. The van der Waals surface area contributed by atoms with Gasteiger partial charge in [-0.15, -0.1) is 0 Å². The third-order valence-electron chi connectivity index (χ3n) is 7.16. The molecule has 0 amide bonds. The van der Waals surface area contributed by atoms with Crippen molar-refractivity contribution < 1.29 is 74.1 Å². The van der Waals surface area contributed by atoms with Gasteiger partial charge in [0.05, 0.1) is 20.3 Å². The molecule has 43 heavy (non-hydrogen) atoms. The molecule has 0 aliphatic carbocycles. The Bertz CT molecular complexity index is 1520. The molecule has 5 rings (SSSR count). The molecule has 9 N–H and O–H groups in total. The van der Waals surface area contributed by atoms with Crippen LogP contribution >= 0.6 is 0 Å². The fraction of sp³-hybridized carbons (Fsp3) is 0.444. The molecule has 0 radical (unpaired) electrons. The van der Waals surface area contributed by atoms with Gasteiger partial charge in [0.1, 0.15) is 65.2 Å². The van der Waals surface area contributed by atoms with Crippen LogP contribution < -0.4 is 14.9 Å². The van der Waals surface area contributed by atoms with Gasteiger partial charge in [0.15, 0.2) is 23.5 Å². The van der Waals surface area contributed by atoms with E-state index in [1.165, 1.54) is 25.3 Å². The van der Waals surface area contributed by atoms with Crippen molar-refractivity contribution in [2.75, 3.05) is 20.3 Å². The van der Waals surface area contributed by atoms with Crippen LogP contribution in [-0.4, -0.2) is 122 Å². The van der Waals surface area contributed by atoms with Crippen LogP contribution in [0.2, 0.25) is 0 Å². The predicted octanol–water partition coefficient (Wildman–Crippen LogP) is -1.77. The van der Waals surface area contributed by atoms with E-state index in [-0.39, 0.29) is 28.4 Å². The topological polar surface area (TPSA) is 258 Å². The van der Waals surface area contributed by atoms with Crippen molar-refractivity contribution in [3.05, 3.63) is 40.6 Å². The van der Waals surface area contributed by atoms with E-state index in [2.05, 4.69) is 0 Å². The van der Waals surface area contributed by atoms with Crippen LogP contribution in [0, 0.1) is 0 Å². The van der Waals surface area contributed by atoms with Crippen LogP contribution in [0.25, 0.3) is 22.3 Å². The standard InChI is InChI=1S/C27H30O16/c1-38-14-4-9(2-3-11(14)30)23-25(19(34)17-12(31)5-10(29)6-15(17)40-23)43-27-22(37)20(35)24(16(7-28)41-27)42-26-21(36)18(33)13(32)8-39-26/h2-6,13,16,18,20-22,24,26-33,35-37H,7-8H2,1H3/t13-,16-,18+,20-,21-,22-,24-,26?,27+/m1/s1. The van der Waals surface area contributed by atoms with Crippen molar-refractivity contribution in [3.63, 3.8) is 0 Å². The number of aliphatic hydroxyl groups is 6. The van der Waals surface area contributed by atoms with E-state index in [1.54, 1.807) is 0 Å². The molecule has 2 fully saturated rings. The SMILES string of the molecule is COc1cc(-c2oc3cc(O)cc(O)c3c(=O)c2O[C@@H]2O[C@H](CO)[C@@H](OC3OC[C@@H](O)[C@H](O)[C@H]3O)[C@H](O)[C@H]2O)ccc1O. The number of aliphatic hydroxyl groups excluding tert-OH is 6. The maximum absolute atomic E-state index is 13.6. The fourth-order valence-electron chi connectivity index (χ4n) is 4.87. The molecule has 1 aromatic heterocycles. The number of rotatable bonds is 7. The Morgan fingerprint density at radius 3 is 2.33 bits per heavy atom. The number of phenolic OH excluding ortho intramolecular Hbond substituents is 3. The quantitative estimate of drug-likeness (QED) is 0.143. The average Bonchev–Trinajstić information content (AvgIpc) is 2.97. The smallest absolute Gasteiger partial charge is 0.239 e. The molecule has 2 saturated heterocycles. The van der Waals surface area contributed by atoms with E-state index in [0.717, 1.165) is 12.1 Å². The number of fused-ring (bicyclic) bond motifs is 1. The molecular weight excluding hydrogens is 580 g/mol. The van der Waals surface area contributed by atoms with Crippen LogP contribution in [0.1, 0.15) is 0 Å². The van der Waals surface area contributed by atoms with Crippen LogP contribution in [0.4, 0.5) is 0 Å². The minimum Gasteiger partial charge on any atom is -0.508 e. The molecule has 16 heteroatoms. The molecule has 2 aliphatic heterocycles. The maximum Gasteiger partial charge on any atom is 0.239 e. The number of ether oxygens (including phenoxy) is 5. The fourth-order valence-corrected chi connectivity index (χ4v) is 4.87. The lowest BCUT2D eigenvalue weighted by molar-refractivity contribution is -0.339. The van der Waals surface area contributed by atoms with Gasteiger partial charge in [0.2, 0.25) is 17.5 Å². The number of hydrogen-bond donors (Lipinski definition) is 9. The van der Waals surface area contributed by atoms with Gasteiger partial charge in [-0.2, -0.15) is 0 Å². The highest BCUT2D eigenvalue weighted by molar-refractivity contribution is 5.88. The number of methoxy groups -OCH3 is 1. The minimum absolute atomic E-state index is 0.0144. The number of hydrogen-bond acceptors (Lipinski definition) is 16. The highest BCUT2D eigenvalue weighted by atomic mass is 16.7. The Morgan fingerprint density at radius 1 is 0.907 bits per heavy atom. The largest absolute Gasteiger partial charge is 0.508 e. The lowest BCUT2D eigenvalue weighted by Crippen LogP contribution is -2.63. The monoisotopic (exact) mass is 610 g/mol. The second-order valence-electron chi connectivity index (χ2n) is 9.99. The molecule has 2 aromatic carbocycles. The lowest BCUT2D eigenvalue weighted by atomic mass is 9.98. The Balaban J connectivity index is 1.51. The number of phenols is 3. The van der Waals surface area contributed by atoms with Crippen LogP contribution in [0.15, 0.2) is 39.5 Å². The summed E-state index contributed by atoms with van der Waals surface area (Å²) in [4.78, 5) is 13.6. The summed E-state index contributed by atoms with van der Waals surface area (Å²) < 4.78 is 33.0. The summed E-state index contributed by atoms with van der Waals surface area (Å²) in [6.45, 7) is -1.24. The number of aromatic hydroxyl groups is 3. The first kappa shape index (κ1) is 30.7. The first-order valence-corrected chi connectivity index (χ1v) is 13.0. The van der Waals surface area contributed by atoms with Crippen molar-refractivity contribution in [3.8, 4) is 40.1 Å². The zero-order chi connectivity index (χ0) is 31.2. The minimum atomic E-state index is -1.96. The molecular formula is C27H30O16. The highest BCUT2D eigenvalue weighted by Gasteiger charge is 2.50. The molecule has 0 saturated carbocycles. The Kier molecular flexibility index (Phi) is 8.66. The van der Waals surface area contributed by atoms with Gasteiger partial charge in [0.25, 0.3) is 0 Å². The van der Waals surface area contributed by atoms with Crippen molar-refractivity contribution in [2.45, 2.75) is 55.3 Å². The summed E-state index contributed by atoms with van der Waals surface area (Å²) in [6, 6.07) is 5.83. The zero-order valence-corrected chi connectivity index (χ0v) is 22.4. The van der Waals surface area contributed by atoms with E-state index in [0.29, 0.717) is 0 Å². The van der Waals surface area contributed by atoms with Gasteiger partial charge in [-0.3, -0.25) is 4.79 Å². The molecule has 2 aliphatic rings. The summed E-state index contributed by atoms with van der Waals surface area (Å²) in [5.74, 6) is -2.27. The van der Waals surface area contributed by atoms with Crippen molar-refractivity contribution in [1.29, 1.82) is 0 Å². The molecule has 0 bridgehead atoms. The maximum atomic E-state index is 13.6. The van der Waals surface area contributed by atoms with Gasteiger partial charge >= 0.3 is 0 Å². The first-order valence-electron chi connectivity index (χ1n) is 13.0. The normalized spacial score (nSPS) is 31.2. The van der Waals surface area contributed by atoms with Crippen LogP contribution in [-0.2, 0) is 14.2 Å². The van der Waals surface area contributed by atoms with Gasteiger partial charge in [-0.05, 0) is 18.2 Å². The van der Waals surface area contributed by atoms with Crippen LogP contribution in [0.3, 0.4) is 0 Å². The summed E-state index contributed by atoms with van der Waals surface area (Å²) in [5.41, 5.74) is -1.11. The molecule has 0 spiro atoms. The molecule has 3 heterocycles. The Morgan fingerprint density at radius 2 is 1.63 bits per heavy atom. The zero-order valence-electron chi connectivity index (χ0n) is 22.4. The van der Waals surface area contributed by atoms with Gasteiger partial charge in [-0.1, -0.05) is 0 Å². The predicted molar refractivity (Wildman–Crippen MR) is 140 cm³/mol. The molecule has 3 aromatic rings. The number of benzene rings is 2. The molecule has 9 atom stereocenters.